The highest BCUT2D eigenvalue weighted by atomic mass is 32.2. The number of nitrogens with zero attached hydrogens (tertiary/aromatic N) is 1. The van der Waals surface area contributed by atoms with Crippen LogP contribution >= 0.6 is 11.8 Å². The van der Waals surface area contributed by atoms with Gasteiger partial charge in [-0.05, 0) is 53.7 Å². The van der Waals surface area contributed by atoms with E-state index in [1.165, 1.54) is 15.8 Å². The topological polar surface area (TPSA) is 41.9 Å². The summed E-state index contributed by atoms with van der Waals surface area (Å²) in [6.45, 7) is 1.49. The van der Waals surface area contributed by atoms with Crippen molar-refractivity contribution in [2.24, 2.45) is 0 Å². The zero-order chi connectivity index (χ0) is 23.0. The molecule has 4 rings (SSSR count). The van der Waals surface area contributed by atoms with Crippen molar-refractivity contribution in [2.75, 3.05) is 27.3 Å². The van der Waals surface area contributed by atoms with Gasteiger partial charge in [0, 0.05) is 18.0 Å². The van der Waals surface area contributed by atoms with Crippen molar-refractivity contribution < 1.29 is 14.6 Å². The van der Waals surface area contributed by atoms with Crippen LogP contribution in [0.1, 0.15) is 5.56 Å². The molecule has 1 atom stereocenters. The summed E-state index contributed by atoms with van der Waals surface area (Å²) in [4.78, 5) is 4.38. The normalized spacial score (nSPS) is 12.1. The first-order valence-corrected chi connectivity index (χ1v) is 11.8. The van der Waals surface area contributed by atoms with Crippen LogP contribution in [0.5, 0.6) is 11.5 Å². The van der Waals surface area contributed by atoms with Gasteiger partial charge in [0.15, 0.2) is 0 Å². The Hall–Kier alpha value is -2.99. The number of aliphatic hydroxyl groups excluding tert-OH is 1. The second kappa shape index (κ2) is 11.2. The quantitative estimate of drug-likeness (QED) is 0.321. The van der Waals surface area contributed by atoms with Crippen LogP contribution in [0, 0.1) is 0 Å². The number of para-hydroxylation sites is 1. The van der Waals surface area contributed by atoms with E-state index in [4.69, 9.17) is 9.47 Å². The summed E-state index contributed by atoms with van der Waals surface area (Å²) < 4.78 is 11.4. The van der Waals surface area contributed by atoms with Crippen molar-refractivity contribution in [1.29, 1.82) is 0 Å². The smallest absolute Gasteiger partial charge is 0.132 e. The van der Waals surface area contributed by atoms with Gasteiger partial charge in [0.05, 0.1) is 12.0 Å². The van der Waals surface area contributed by atoms with Crippen molar-refractivity contribution in [3.8, 4) is 11.5 Å². The number of rotatable bonds is 10. The van der Waals surface area contributed by atoms with Crippen LogP contribution in [0.3, 0.4) is 0 Å². The average Bonchev–Trinajstić information content (AvgIpc) is 2.84. The van der Waals surface area contributed by atoms with Crippen LogP contribution in [0.2, 0.25) is 0 Å². The molecule has 0 aliphatic heterocycles. The number of methoxy groups -OCH3 is 1. The molecule has 0 spiro atoms. The van der Waals surface area contributed by atoms with Crippen LogP contribution in [0.4, 0.5) is 0 Å². The van der Waals surface area contributed by atoms with Crippen LogP contribution in [0.15, 0.2) is 101 Å². The standard InChI is InChI=1S/C28H29NO3S/c1-29(19-24(30)20-32-25-16-15-21-9-3-4-10-22(21)17-25)18-23-11-5-7-13-27(23)33-28-14-8-6-12-26(28)31-2/h3-17,24,30H,18-20H2,1-2H3. The van der Waals surface area contributed by atoms with Crippen LogP contribution in [0.25, 0.3) is 10.8 Å². The molecule has 4 nitrogen and oxygen atoms in total. The molecule has 0 heterocycles. The minimum absolute atomic E-state index is 0.250. The molecule has 0 amide bonds. The first kappa shape index (κ1) is 23.2. The van der Waals surface area contributed by atoms with Gasteiger partial charge in [-0.1, -0.05) is 72.4 Å². The van der Waals surface area contributed by atoms with E-state index in [1.807, 2.05) is 61.6 Å². The summed E-state index contributed by atoms with van der Waals surface area (Å²) in [7, 11) is 3.71. The van der Waals surface area contributed by atoms with Gasteiger partial charge >= 0.3 is 0 Å². The van der Waals surface area contributed by atoms with E-state index in [0.29, 0.717) is 6.54 Å². The summed E-state index contributed by atoms with van der Waals surface area (Å²) in [6.07, 6.45) is -0.587. The Kier molecular flexibility index (Phi) is 7.89. The monoisotopic (exact) mass is 459 g/mol. The minimum Gasteiger partial charge on any atom is -0.496 e. The molecule has 4 aromatic rings. The van der Waals surface area contributed by atoms with Gasteiger partial charge in [0.25, 0.3) is 0 Å². The molecule has 0 saturated carbocycles. The van der Waals surface area contributed by atoms with E-state index in [-0.39, 0.29) is 6.61 Å². The first-order valence-electron chi connectivity index (χ1n) is 11.0. The SMILES string of the molecule is COc1ccccc1Sc1ccccc1CN(C)CC(O)COc1ccc2ccccc2c1. The third-order valence-electron chi connectivity index (χ3n) is 5.39. The highest BCUT2D eigenvalue weighted by Gasteiger charge is 2.13. The van der Waals surface area contributed by atoms with Gasteiger partial charge in [0.2, 0.25) is 0 Å². The number of benzene rings is 4. The second-order valence-electron chi connectivity index (χ2n) is 8.03. The molecule has 0 aliphatic rings. The molecular formula is C28H29NO3S. The van der Waals surface area contributed by atoms with E-state index in [0.717, 1.165) is 28.3 Å². The fourth-order valence-electron chi connectivity index (χ4n) is 3.77. The number of aliphatic hydroxyl groups is 1. The van der Waals surface area contributed by atoms with E-state index < -0.39 is 6.10 Å². The lowest BCUT2D eigenvalue weighted by atomic mass is 10.1. The number of fused-ring (bicyclic) bond motifs is 1. The highest BCUT2D eigenvalue weighted by Crippen LogP contribution is 2.36. The summed E-state index contributed by atoms with van der Waals surface area (Å²) in [5, 5.41) is 12.9. The summed E-state index contributed by atoms with van der Waals surface area (Å²) in [5.41, 5.74) is 1.21. The Morgan fingerprint density at radius 2 is 1.55 bits per heavy atom. The maximum atomic E-state index is 10.6. The largest absolute Gasteiger partial charge is 0.496 e. The van der Waals surface area contributed by atoms with Crippen molar-refractivity contribution in [2.45, 2.75) is 22.4 Å². The van der Waals surface area contributed by atoms with E-state index in [9.17, 15) is 5.11 Å². The third kappa shape index (κ3) is 6.29. The average molecular weight is 460 g/mol. The van der Waals surface area contributed by atoms with Crippen LogP contribution in [-0.2, 0) is 6.54 Å². The summed E-state index contributed by atoms with van der Waals surface area (Å²) in [6, 6.07) is 30.6. The van der Waals surface area contributed by atoms with Crippen molar-refractivity contribution in [1.82, 2.24) is 4.90 Å². The number of hydrogen-bond donors (Lipinski definition) is 1. The molecule has 0 bridgehead atoms. The molecule has 4 aromatic carbocycles. The molecule has 170 valence electrons. The van der Waals surface area contributed by atoms with E-state index in [1.54, 1.807) is 18.9 Å². The lowest BCUT2D eigenvalue weighted by molar-refractivity contribution is 0.0742. The van der Waals surface area contributed by atoms with Crippen LogP contribution < -0.4 is 9.47 Å². The molecule has 0 saturated heterocycles. The Bertz CT molecular complexity index is 1200. The first-order chi connectivity index (χ1) is 16.1. The van der Waals surface area contributed by atoms with Crippen molar-refractivity contribution >= 4 is 22.5 Å². The molecule has 33 heavy (non-hydrogen) atoms. The Labute approximate surface area is 199 Å². The maximum absolute atomic E-state index is 10.6. The Morgan fingerprint density at radius 1 is 0.848 bits per heavy atom. The fourth-order valence-corrected chi connectivity index (χ4v) is 4.82. The Balaban J connectivity index is 1.34. The van der Waals surface area contributed by atoms with E-state index >= 15 is 0 Å². The Morgan fingerprint density at radius 3 is 2.36 bits per heavy atom. The van der Waals surface area contributed by atoms with Crippen molar-refractivity contribution in [3.05, 3.63) is 96.6 Å². The highest BCUT2D eigenvalue weighted by molar-refractivity contribution is 7.99. The third-order valence-corrected chi connectivity index (χ3v) is 6.56. The van der Waals surface area contributed by atoms with Crippen molar-refractivity contribution in [3.63, 3.8) is 0 Å². The van der Waals surface area contributed by atoms with Gasteiger partial charge in [0.1, 0.15) is 24.2 Å². The molecule has 0 aromatic heterocycles. The van der Waals surface area contributed by atoms with Gasteiger partial charge in [-0.2, -0.15) is 0 Å². The van der Waals surface area contributed by atoms with Gasteiger partial charge in [-0.3, -0.25) is 4.90 Å². The predicted octanol–water partition coefficient (Wildman–Crippen LogP) is 5.87. The zero-order valence-corrected chi connectivity index (χ0v) is 19.8. The lowest BCUT2D eigenvalue weighted by Crippen LogP contribution is -2.32. The molecule has 5 heteroatoms. The molecular weight excluding hydrogens is 430 g/mol. The molecule has 0 fully saturated rings. The number of hydrogen-bond acceptors (Lipinski definition) is 5. The second-order valence-corrected chi connectivity index (χ2v) is 9.11. The summed E-state index contributed by atoms with van der Waals surface area (Å²) >= 11 is 1.70. The number of ether oxygens (including phenoxy) is 2. The fraction of sp³-hybridized carbons (Fsp3) is 0.214. The van der Waals surface area contributed by atoms with Gasteiger partial charge in [-0.25, -0.2) is 0 Å². The van der Waals surface area contributed by atoms with E-state index in [2.05, 4.69) is 41.3 Å². The molecule has 0 aliphatic carbocycles. The molecule has 1 N–H and O–H groups in total. The van der Waals surface area contributed by atoms with Crippen LogP contribution in [-0.4, -0.2) is 43.4 Å². The summed E-state index contributed by atoms with van der Waals surface area (Å²) in [5.74, 6) is 1.64. The minimum atomic E-state index is -0.587. The number of likely N-dealkylation sites (N-methyl/N-ethyl adjacent to an activating group) is 1. The molecule has 0 radical (unpaired) electrons. The van der Waals surface area contributed by atoms with Gasteiger partial charge < -0.3 is 14.6 Å². The molecule has 1 unspecified atom stereocenters. The predicted molar refractivity (Wildman–Crippen MR) is 135 cm³/mol. The lowest BCUT2D eigenvalue weighted by Gasteiger charge is -2.22. The zero-order valence-electron chi connectivity index (χ0n) is 19.0. The maximum Gasteiger partial charge on any atom is 0.132 e. The van der Waals surface area contributed by atoms with Gasteiger partial charge in [-0.15, -0.1) is 0 Å².